The second kappa shape index (κ2) is 6.94. The van der Waals surface area contributed by atoms with Crippen LogP contribution in [0.4, 0.5) is 0 Å². The summed E-state index contributed by atoms with van der Waals surface area (Å²) in [5, 5.41) is 0. The van der Waals surface area contributed by atoms with Crippen molar-refractivity contribution in [3.63, 3.8) is 0 Å². The van der Waals surface area contributed by atoms with Crippen LogP contribution >= 0.6 is 0 Å². The Morgan fingerprint density at radius 1 is 1.19 bits per heavy atom. The van der Waals surface area contributed by atoms with Gasteiger partial charge in [0.15, 0.2) is 0 Å². The summed E-state index contributed by atoms with van der Waals surface area (Å²) >= 11 is 0. The van der Waals surface area contributed by atoms with Crippen molar-refractivity contribution < 1.29 is 12.8 Å². The van der Waals surface area contributed by atoms with Gasteiger partial charge in [0.25, 0.3) is 0 Å². The van der Waals surface area contributed by atoms with E-state index in [4.69, 9.17) is 10.2 Å². The second-order valence-corrected chi connectivity index (χ2v) is 7.62. The minimum atomic E-state index is -3.54. The quantitative estimate of drug-likeness (QED) is 0.845. The van der Waals surface area contributed by atoms with Gasteiger partial charge >= 0.3 is 0 Å². The van der Waals surface area contributed by atoms with Crippen LogP contribution in [0, 0.1) is 19.8 Å². The first-order chi connectivity index (χ1) is 9.95. The zero-order valence-corrected chi connectivity index (χ0v) is 13.8. The van der Waals surface area contributed by atoms with E-state index in [0.717, 1.165) is 6.42 Å². The van der Waals surface area contributed by atoms with Crippen LogP contribution in [0.1, 0.15) is 55.6 Å². The Labute approximate surface area is 127 Å². The Balaban J connectivity index is 2.01. The lowest BCUT2D eigenvalue weighted by molar-refractivity contribution is 0.339. The number of aryl methyl sites for hydroxylation is 2. The predicted molar refractivity (Wildman–Crippen MR) is 82.5 cm³/mol. The molecule has 21 heavy (non-hydrogen) atoms. The molecule has 1 heterocycles. The number of sulfonamides is 1. The van der Waals surface area contributed by atoms with Gasteiger partial charge in [-0.05, 0) is 26.2 Å². The lowest BCUT2D eigenvalue weighted by Gasteiger charge is -2.21. The highest BCUT2D eigenvalue weighted by Gasteiger charge is 2.26. The van der Waals surface area contributed by atoms with E-state index in [1.807, 2.05) is 0 Å². The molecule has 0 saturated heterocycles. The van der Waals surface area contributed by atoms with Gasteiger partial charge in [-0.3, -0.25) is 0 Å². The van der Waals surface area contributed by atoms with E-state index in [1.54, 1.807) is 13.8 Å². The number of furan rings is 1. The summed E-state index contributed by atoms with van der Waals surface area (Å²) in [5.41, 5.74) is 6.24. The summed E-state index contributed by atoms with van der Waals surface area (Å²) in [6, 6.07) is 0. The molecule has 120 valence electrons. The molecule has 0 unspecified atom stereocenters. The molecule has 0 atom stereocenters. The Morgan fingerprint density at radius 3 is 2.48 bits per heavy atom. The summed E-state index contributed by atoms with van der Waals surface area (Å²) in [7, 11) is -3.54. The molecule has 0 bridgehead atoms. The Bertz CT molecular complexity index is 572. The topological polar surface area (TPSA) is 85.3 Å². The fourth-order valence-electron chi connectivity index (χ4n) is 3.24. The Kier molecular flexibility index (Phi) is 5.46. The summed E-state index contributed by atoms with van der Waals surface area (Å²) in [6.45, 7) is 4.07. The van der Waals surface area contributed by atoms with Gasteiger partial charge in [-0.15, -0.1) is 0 Å². The SMILES string of the molecule is Cc1oc(C)c(S(=O)(=O)NCCC2CCCCC2)c1CN. The average molecular weight is 314 g/mol. The maximum Gasteiger partial charge on any atom is 0.244 e. The van der Waals surface area contributed by atoms with E-state index < -0.39 is 10.0 Å². The van der Waals surface area contributed by atoms with Crippen LogP contribution in [0.3, 0.4) is 0 Å². The van der Waals surface area contributed by atoms with Crippen LogP contribution < -0.4 is 10.5 Å². The molecule has 6 heteroatoms. The maximum absolute atomic E-state index is 12.5. The third-order valence-electron chi connectivity index (χ3n) is 4.37. The zero-order chi connectivity index (χ0) is 15.5. The Hall–Kier alpha value is -0.850. The summed E-state index contributed by atoms with van der Waals surface area (Å²) in [6.07, 6.45) is 7.21. The first kappa shape index (κ1) is 16.5. The average Bonchev–Trinajstić information content (AvgIpc) is 2.74. The largest absolute Gasteiger partial charge is 0.465 e. The van der Waals surface area contributed by atoms with Crippen molar-refractivity contribution in [2.75, 3.05) is 6.54 Å². The van der Waals surface area contributed by atoms with Crippen molar-refractivity contribution in [2.24, 2.45) is 11.7 Å². The van der Waals surface area contributed by atoms with E-state index in [2.05, 4.69) is 4.72 Å². The molecular weight excluding hydrogens is 288 g/mol. The van der Waals surface area contributed by atoms with Crippen molar-refractivity contribution in [3.05, 3.63) is 17.1 Å². The van der Waals surface area contributed by atoms with Gasteiger partial charge in [-0.2, -0.15) is 0 Å². The molecule has 1 aromatic heterocycles. The van der Waals surface area contributed by atoms with Gasteiger partial charge in [0.05, 0.1) is 0 Å². The first-order valence-electron chi connectivity index (χ1n) is 7.74. The monoisotopic (exact) mass is 314 g/mol. The van der Waals surface area contributed by atoms with Crippen molar-refractivity contribution in [1.29, 1.82) is 0 Å². The standard InChI is InChI=1S/C15H26N2O3S/c1-11-14(10-16)15(12(2)20-11)21(18,19)17-9-8-13-6-4-3-5-7-13/h13,17H,3-10,16H2,1-2H3. The maximum atomic E-state index is 12.5. The van der Waals surface area contributed by atoms with Gasteiger partial charge < -0.3 is 10.2 Å². The molecule has 0 radical (unpaired) electrons. The molecule has 5 nitrogen and oxygen atoms in total. The minimum Gasteiger partial charge on any atom is -0.465 e. The smallest absolute Gasteiger partial charge is 0.244 e. The summed E-state index contributed by atoms with van der Waals surface area (Å²) < 4.78 is 33.1. The summed E-state index contributed by atoms with van der Waals surface area (Å²) in [4.78, 5) is 0.228. The fraction of sp³-hybridized carbons (Fsp3) is 0.733. The molecule has 1 aromatic rings. The van der Waals surface area contributed by atoms with Crippen molar-refractivity contribution in [1.82, 2.24) is 4.72 Å². The van der Waals surface area contributed by atoms with Crippen molar-refractivity contribution in [2.45, 2.75) is 63.8 Å². The highest BCUT2D eigenvalue weighted by molar-refractivity contribution is 7.89. The molecule has 1 aliphatic carbocycles. The second-order valence-electron chi connectivity index (χ2n) is 5.92. The van der Waals surface area contributed by atoms with Gasteiger partial charge in [0.2, 0.25) is 10.0 Å². The third kappa shape index (κ3) is 3.87. The minimum absolute atomic E-state index is 0.169. The molecule has 1 saturated carbocycles. The van der Waals surface area contributed by atoms with Gasteiger partial charge in [-0.25, -0.2) is 13.1 Å². The van der Waals surface area contributed by atoms with E-state index in [9.17, 15) is 8.42 Å². The first-order valence-corrected chi connectivity index (χ1v) is 9.22. The van der Waals surface area contributed by atoms with Crippen molar-refractivity contribution >= 4 is 10.0 Å². The highest BCUT2D eigenvalue weighted by Crippen LogP contribution is 2.27. The van der Waals surface area contributed by atoms with Gasteiger partial charge in [0.1, 0.15) is 16.4 Å². The molecule has 0 spiro atoms. The zero-order valence-electron chi connectivity index (χ0n) is 12.9. The lowest BCUT2D eigenvalue weighted by Crippen LogP contribution is -2.28. The van der Waals surface area contributed by atoms with Crippen LogP contribution in [0.25, 0.3) is 0 Å². The molecule has 3 N–H and O–H groups in total. The third-order valence-corrected chi connectivity index (χ3v) is 6.02. The molecule has 0 amide bonds. The van der Waals surface area contributed by atoms with Gasteiger partial charge in [0, 0.05) is 18.7 Å². The number of nitrogens with two attached hydrogens (primary N) is 1. The van der Waals surface area contributed by atoms with E-state index in [-0.39, 0.29) is 11.4 Å². The predicted octanol–water partition coefficient (Wildman–Crippen LogP) is 2.60. The normalized spacial score (nSPS) is 17.3. The van der Waals surface area contributed by atoms with Crippen LogP contribution in [0.5, 0.6) is 0 Å². The molecule has 0 aliphatic heterocycles. The summed E-state index contributed by atoms with van der Waals surface area (Å²) in [5.74, 6) is 1.66. The Morgan fingerprint density at radius 2 is 1.86 bits per heavy atom. The van der Waals surface area contributed by atoms with Crippen LogP contribution in [-0.4, -0.2) is 15.0 Å². The van der Waals surface area contributed by atoms with Crippen LogP contribution in [0.2, 0.25) is 0 Å². The number of hydrogen-bond acceptors (Lipinski definition) is 4. The fourth-order valence-corrected chi connectivity index (χ4v) is 4.75. The number of nitrogens with one attached hydrogen (secondary N) is 1. The molecule has 0 aromatic carbocycles. The lowest BCUT2D eigenvalue weighted by atomic mass is 9.87. The van der Waals surface area contributed by atoms with Gasteiger partial charge in [-0.1, -0.05) is 32.1 Å². The van der Waals surface area contributed by atoms with E-state index >= 15 is 0 Å². The molecule has 1 aliphatic rings. The highest BCUT2D eigenvalue weighted by atomic mass is 32.2. The van der Waals surface area contributed by atoms with E-state index in [1.165, 1.54) is 32.1 Å². The van der Waals surface area contributed by atoms with E-state index in [0.29, 0.717) is 29.5 Å². The van der Waals surface area contributed by atoms with Crippen LogP contribution in [-0.2, 0) is 16.6 Å². The molecule has 2 rings (SSSR count). The number of hydrogen-bond donors (Lipinski definition) is 2. The molecule has 1 fully saturated rings. The molecular formula is C15H26N2O3S. The van der Waals surface area contributed by atoms with Crippen LogP contribution in [0.15, 0.2) is 9.31 Å². The van der Waals surface area contributed by atoms with Crippen molar-refractivity contribution in [3.8, 4) is 0 Å². The number of rotatable bonds is 6.